The van der Waals surface area contributed by atoms with E-state index in [2.05, 4.69) is 0 Å². The monoisotopic (exact) mass is 394 g/mol. The Morgan fingerprint density at radius 3 is 2.57 bits per heavy atom. The smallest absolute Gasteiger partial charge is 0.221 e. The third-order valence-electron chi connectivity index (χ3n) is 8.74. The summed E-state index contributed by atoms with van der Waals surface area (Å²) in [4.78, 5) is 36.4. The SMILES string of the molecule is C[C@]12CC(=O)C(=O)C=C1CC[C@H]1[C@@H]3CC(O)[C@](O)(C(=O)CO)[C@@]3(C)CC[C@@]12F. The highest BCUT2D eigenvalue weighted by molar-refractivity contribution is 6.42. The number of hydrogen-bond acceptors (Lipinski definition) is 6. The Kier molecular flexibility index (Phi) is 4.11. The summed E-state index contributed by atoms with van der Waals surface area (Å²) in [6.07, 6.45) is 0.892. The van der Waals surface area contributed by atoms with Crippen LogP contribution < -0.4 is 0 Å². The molecular weight excluding hydrogens is 367 g/mol. The van der Waals surface area contributed by atoms with Gasteiger partial charge in [-0.2, -0.15) is 0 Å². The lowest BCUT2D eigenvalue weighted by Crippen LogP contribution is -2.65. The third-order valence-corrected chi connectivity index (χ3v) is 8.74. The molecule has 6 nitrogen and oxygen atoms in total. The molecular formula is C21H27FO6. The minimum absolute atomic E-state index is 0.0215. The number of allylic oxidation sites excluding steroid dienone is 1. The molecule has 28 heavy (non-hydrogen) atoms. The summed E-state index contributed by atoms with van der Waals surface area (Å²) in [7, 11) is 0. The number of rotatable bonds is 2. The van der Waals surface area contributed by atoms with Crippen molar-refractivity contribution in [2.24, 2.45) is 22.7 Å². The predicted octanol–water partition coefficient (Wildman–Crippen LogP) is 1.05. The fraction of sp³-hybridized carbons (Fsp3) is 0.762. The molecule has 3 saturated carbocycles. The molecule has 3 fully saturated rings. The van der Waals surface area contributed by atoms with Crippen LogP contribution in [-0.2, 0) is 14.4 Å². The van der Waals surface area contributed by atoms with E-state index in [1.807, 2.05) is 0 Å². The van der Waals surface area contributed by atoms with Gasteiger partial charge in [-0.25, -0.2) is 4.39 Å². The first-order valence-corrected chi connectivity index (χ1v) is 9.97. The van der Waals surface area contributed by atoms with Gasteiger partial charge in [0.05, 0.1) is 6.10 Å². The molecule has 7 atom stereocenters. The lowest BCUT2D eigenvalue weighted by atomic mass is 9.44. The first kappa shape index (κ1) is 19.9. The normalized spacial score (nSPS) is 50.5. The van der Waals surface area contributed by atoms with Crippen LogP contribution in [0, 0.1) is 22.7 Å². The average Bonchev–Trinajstić information content (AvgIpc) is 2.85. The summed E-state index contributed by atoms with van der Waals surface area (Å²) in [5.41, 5.74) is -5.35. The van der Waals surface area contributed by atoms with Crippen molar-refractivity contribution in [3.8, 4) is 0 Å². The highest BCUT2D eigenvalue weighted by atomic mass is 19.1. The Labute approximate surface area is 162 Å². The molecule has 0 saturated heterocycles. The molecule has 1 unspecified atom stereocenters. The fourth-order valence-electron chi connectivity index (χ4n) is 7.00. The van der Waals surface area contributed by atoms with Crippen molar-refractivity contribution in [2.45, 2.75) is 69.7 Å². The van der Waals surface area contributed by atoms with Gasteiger partial charge in [0, 0.05) is 17.3 Å². The lowest BCUT2D eigenvalue weighted by molar-refractivity contribution is -0.193. The zero-order chi connectivity index (χ0) is 20.7. The van der Waals surface area contributed by atoms with Gasteiger partial charge < -0.3 is 15.3 Å². The molecule has 154 valence electrons. The Hall–Kier alpha value is -1.44. The number of aliphatic hydroxyl groups excluding tert-OH is 2. The highest BCUT2D eigenvalue weighted by Crippen LogP contribution is 2.70. The second-order valence-corrected chi connectivity index (χ2v) is 9.60. The number of alkyl halides is 1. The summed E-state index contributed by atoms with van der Waals surface area (Å²) in [5, 5.41) is 31.1. The molecule has 0 bridgehead atoms. The number of ketones is 3. The van der Waals surface area contributed by atoms with Gasteiger partial charge in [-0.1, -0.05) is 19.4 Å². The zero-order valence-electron chi connectivity index (χ0n) is 16.2. The van der Waals surface area contributed by atoms with E-state index in [0.29, 0.717) is 18.4 Å². The van der Waals surface area contributed by atoms with Crippen molar-refractivity contribution in [1.29, 1.82) is 0 Å². The minimum atomic E-state index is -2.11. The number of aliphatic hydroxyl groups is 3. The second kappa shape index (κ2) is 5.80. The highest BCUT2D eigenvalue weighted by Gasteiger charge is 2.74. The van der Waals surface area contributed by atoms with E-state index < -0.39 is 64.0 Å². The van der Waals surface area contributed by atoms with Gasteiger partial charge in [-0.15, -0.1) is 0 Å². The van der Waals surface area contributed by atoms with Gasteiger partial charge in [0.15, 0.2) is 11.4 Å². The topological polar surface area (TPSA) is 112 Å². The van der Waals surface area contributed by atoms with Crippen LogP contribution in [0.5, 0.6) is 0 Å². The van der Waals surface area contributed by atoms with Crippen LogP contribution in [0.4, 0.5) is 4.39 Å². The quantitative estimate of drug-likeness (QED) is 0.604. The van der Waals surface area contributed by atoms with Crippen molar-refractivity contribution in [3.63, 3.8) is 0 Å². The number of Topliss-reactive ketones (excluding diaryl/α,β-unsaturated/α-hetero) is 2. The van der Waals surface area contributed by atoms with Gasteiger partial charge in [-0.3, -0.25) is 14.4 Å². The van der Waals surface area contributed by atoms with E-state index in [4.69, 9.17) is 0 Å². The molecule has 0 spiro atoms. The van der Waals surface area contributed by atoms with E-state index in [-0.39, 0.29) is 25.7 Å². The van der Waals surface area contributed by atoms with Crippen LogP contribution in [0.15, 0.2) is 11.6 Å². The van der Waals surface area contributed by atoms with Gasteiger partial charge in [0.1, 0.15) is 12.3 Å². The van der Waals surface area contributed by atoms with Crippen LogP contribution in [0.25, 0.3) is 0 Å². The first-order valence-electron chi connectivity index (χ1n) is 9.97. The number of hydrogen-bond donors (Lipinski definition) is 3. The van der Waals surface area contributed by atoms with Crippen LogP contribution in [0.1, 0.15) is 52.4 Å². The molecule has 0 radical (unpaired) electrons. The van der Waals surface area contributed by atoms with Crippen molar-refractivity contribution in [3.05, 3.63) is 11.6 Å². The van der Waals surface area contributed by atoms with Gasteiger partial charge in [-0.05, 0) is 50.0 Å². The maximum atomic E-state index is 16.7. The first-order chi connectivity index (χ1) is 13.0. The molecule has 0 aliphatic heterocycles. The standard InChI is InChI=1S/C21H27FO6/c1-18-5-6-20(22)12(13(18)8-16(26)21(18,28)17(27)10-23)4-3-11-7-14(24)15(25)9-19(11,20)2/h7,12-13,16,23,26,28H,3-6,8-10H2,1-2H3/t12-,13-,16?,18-,19-,20+,21-/m0/s1. The molecule has 7 heteroatoms. The molecule has 4 rings (SSSR count). The largest absolute Gasteiger partial charge is 0.390 e. The summed E-state index contributed by atoms with van der Waals surface area (Å²) < 4.78 is 16.7. The zero-order valence-corrected chi connectivity index (χ0v) is 16.2. The van der Waals surface area contributed by atoms with Gasteiger partial charge >= 0.3 is 0 Å². The number of carbonyl (C=O) groups excluding carboxylic acids is 3. The molecule has 3 N–H and O–H groups in total. The third kappa shape index (κ3) is 2.05. The maximum Gasteiger partial charge on any atom is 0.221 e. The Bertz CT molecular complexity index is 807. The number of carbonyl (C=O) groups is 3. The van der Waals surface area contributed by atoms with Crippen LogP contribution in [0.2, 0.25) is 0 Å². The Morgan fingerprint density at radius 2 is 1.93 bits per heavy atom. The van der Waals surface area contributed by atoms with Crippen molar-refractivity contribution < 1.29 is 34.1 Å². The van der Waals surface area contributed by atoms with E-state index in [0.717, 1.165) is 0 Å². The van der Waals surface area contributed by atoms with Crippen LogP contribution >= 0.6 is 0 Å². The predicted molar refractivity (Wildman–Crippen MR) is 95.9 cm³/mol. The van der Waals surface area contributed by atoms with E-state index >= 15 is 4.39 Å². The minimum Gasteiger partial charge on any atom is -0.390 e. The van der Waals surface area contributed by atoms with Gasteiger partial charge in [0.25, 0.3) is 0 Å². The van der Waals surface area contributed by atoms with Gasteiger partial charge in [0.2, 0.25) is 11.6 Å². The molecule has 4 aliphatic rings. The second-order valence-electron chi connectivity index (χ2n) is 9.60. The summed E-state index contributed by atoms with van der Waals surface area (Å²) >= 11 is 0. The maximum absolute atomic E-state index is 16.7. The van der Waals surface area contributed by atoms with Crippen molar-refractivity contribution >= 4 is 17.3 Å². The summed E-state index contributed by atoms with van der Waals surface area (Å²) in [6, 6.07) is 0. The van der Waals surface area contributed by atoms with Crippen LogP contribution in [-0.4, -0.2) is 56.6 Å². The summed E-state index contributed by atoms with van der Waals surface area (Å²) in [6.45, 7) is 2.52. The van der Waals surface area contributed by atoms with E-state index in [9.17, 15) is 29.7 Å². The van der Waals surface area contributed by atoms with E-state index in [1.54, 1.807) is 13.8 Å². The van der Waals surface area contributed by atoms with E-state index in [1.165, 1.54) is 6.08 Å². The van der Waals surface area contributed by atoms with Crippen molar-refractivity contribution in [2.75, 3.05) is 6.61 Å². The molecule has 0 heterocycles. The molecule has 0 aromatic heterocycles. The fourth-order valence-corrected chi connectivity index (χ4v) is 7.00. The molecule has 0 amide bonds. The Morgan fingerprint density at radius 1 is 1.25 bits per heavy atom. The van der Waals surface area contributed by atoms with Crippen molar-refractivity contribution in [1.82, 2.24) is 0 Å². The molecule has 0 aromatic rings. The lowest BCUT2D eigenvalue weighted by Gasteiger charge is -2.61. The Balaban J connectivity index is 1.79. The number of fused-ring (bicyclic) bond motifs is 5. The molecule has 4 aliphatic carbocycles. The van der Waals surface area contributed by atoms with Crippen LogP contribution in [0.3, 0.4) is 0 Å². The number of halogens is 1. The molecule has 0 aromatic carbocycles. The summed E-state index contributed by atoms with van der Waals surface area (Å²) in [5.74, 6) is -3.01. The average molecular weight is 394 g/mol.